The summed E-state index contributed by atoms with van der Waals surface area (Å²) in [4.78, 5) is 0. The molecule has 0 aliphatic heterocycles. The number of nitrogens with zero attached hydrogens (tertiary/aromatic N) is 2. The van der Waals surface area contributed by atoms with E-state index < -0.39 is 0 Å². The van der Waals surface area contributed by atoms with Crippen LogP contribution >= 0.6 is 27.5 Å². The number of benzene rings is 1. The van der Waals surface area contributed by atoms with Crippen LogP contribution in [0.15, 0.2) is 22.7 Å². The van der Waals surface area contributed by atoms with Crippen LogP contribution in [0.1, 0.15) is 35.5 Å². The standard InChI is InChI=1S/C15H19BrClN3/c1-4-20-14(15(16)10(3)19-20)8-13(18)11-6-5-9(2)12(17)7-11/h5-7,13H,4,8,18H2,1-3H3. The van der Waals surface area contributed by atoms with E-state index in [1.54, 1.807) is 0 Å². The van der Waals surface area contributed by atoms with E-state index in [2.05, 4.69) is 28.0 Å². The van der Waals surface area contributed by atoms with Crippen LogP contribution in [0.2, 0.25) is 5.02 Å². The van der Waals surface area contributed by atoms with Crippen LogP contribution in [0, 0.1) is 13.8 Å². The molecule has 1 aromatic carbocycles. The lowest BCUT2D eigenvalue weighted by Crippen LogP contribution is -2.16. The minimum absolute atomic E-state index is 0.0919. The SMILES string of the molecule is CCn1nc(C)c(Br)c1CC(N)c1ccc(C)c(Cl)c1. The predicted octanol–water partition coefficient (Wildman–Crippen LogP) is 4.18. The second kappa shape index (κ2) is 6.29. The van der Waals surface area contributed by atoms with Gasteiger partial charge < -0.3 is 5.73 Å². The molecule has 0 amide bonds. The summed E-state index contributed by atoms with van der Waals surface area (Å²) in [6.45, 7) is 6.90. The van der Waals surface area contributed by atoms with Gasteiger partial charge in [0.25, 0.3) is 0 Å². The number of aryl methyl sites for hydroxylation is 3. The first-order chi connectivity index (χ1) is 9.43. The third-order valence-electron chi connectivity index (χ3n) is 3.49. The Balaban J connectivity index is 2.27. The molecule has 0 radical (unpaired) electrons. The zero-order chi connectivity index (χ0) is 14.9. The topological polar surface area (TPSA) is 43.8 Å². The highest BCUT2D eigenvalue weighted by molar-refractivity contribution is 9.10. The summed E-state index contributed by atoms with van der Waals surface area (Å²) in [5.41, 5.74) is 10.6. The van der Waals surface area contributed by atoms with E-state index in [9.17, 15) is 0 Å². The third kappa shape index (κ3) is 3.08. The van der Waals surface area contributed by atoms with Crippen molar-refractivity contribution in [2.75, 3.05) is 0 Å². The zero-order valence-corrected chi connectivity index (χ0v) is 14.3. The first kappa shape index (κ1) is 15.5. The van der Waals surface area contributed by atoms with Gasteiger partial charge in [-0.05, 0) is 53.9 Å². The number of rotatable bonds is 4. The quantitative estimate of drug-likeness (QED) is 0.893. The van der Waals surface area contributed by atoms with Crippen LogP contribution in [0.25, 0.3) is 0 Å². The minimum atomic E-state index is -0.0919. The van der Waals surface area contributed by atoms with Crippen molar-refractivity contribution < 1.29 is 0 Å². The molecule has 1 heterocycles. The van der Waals surface area contributed by atoms with Gasteiger partial charge in [0.15, 0.2) is 0 Å². The highest BCUT2D eigenvalue weighted by atomic mass is 79.9. The largest absolute Gasteiger partial charge is 0.324 e. The number of halogens is 2. The molecule has 0 aliphatic rings. The number of hydrogen-bond donors (Lipinski definition) is 1. The average Bonchev–Trinajstić information content (AvgIpc) is 2.69. The van der Waals surface area contributed by atoms with Crippen LogP contribution in [-0.2, 0) is 13.0 Å². The first-order valence-corrected chi connectivity index (χ1v) is 7.84. The van der Waals surface area contributed by atoms with Gasteiger partial charge in [0.1, 0.15) is 0 Å². The van der Waals surface area contributed by atoms with E-state index in [1.807, 2.05) is 36.7 Å². The van der Waals surface area contributed by atoms with E-state index in [4.69, 9.17) is 17.3 Å². The van der Waals surface area contributed by atoms with Gasteiger partial charge in [-0.25, -0.2) is 0 Å². The number of hydrogen-bond acceptors (Lipinski definition) is 2. The maximum atomic E-state index is 6.33. The maximum Gasteiger partial charge on any atom is 0.0738 e. The molecule has 2 rings (SSSR count). The summed E-state index contributed by atoms with van der Waals surface area (Å²) in [6.07, 6.45) is 0.731. The van der Waals surface area contributed by atoms with Crippen molar-refractivity contribution in [3.8, 4) is 0 Å². The smallest absolute Gasteiger partial charge is 0.0738 e. The second-order valence-electron chi connectivity index (χ2n) is 4.98. The lowest BCUT2D eigenvalue weighted by molar-refractivity contribution is 0.586. The van der Waals surface area contributed by atoms with Gasteiger partial charge in [-0.3, -0.25) is 4.68 Å². The Kier molecular flexibility index (Phi) is 4.89. The summed E-state index contributed by atoms with van der Waals surface area (Å²) < 4.78 is 3.04. The van der Waals surface area contributed by atoms with Crippen molar-refractivity contribution in [2.45, 2.75) is 39.8 Å². The monoisotopic (exact) mass is 355 g/mol. The maximum absolute atomic E-state index is 6.33. The van der Waals surface area contributed by atoms with Crippen molar-refractivity contribution in [2.24, 2.45) is 5.73 Å². The zero-order valence-electron chi connectivity index (χ0n) is 12.0. The van der Waals surface area contributed by atoms with E-state index in [0.717, 1.165) is 45.0 Å². The van der Waals surface area contributed by atoms with E-state index in [0.29, 0.717) is 0 Å². The van der Waals surface area contributed by atoms with E-state index in [1.165, 1.54) is 0 Å². The first-order valence-electron chi connectivity index (χ1n) is 6.67. The molecule has 0 aliphatic carbocycles. The highest BCUT2D eigenvalue weighted by Gasteiger charge is 2.16. The molecule has 1 unspecified atom stereocenters. The lowest BCUT2D eigenvalue weighted by atomic mass is 10.0. The Morgan fingerprint density at radius 3 is 2.70 bits per heavy atom. The molecule has 5 heteroatoms. The molecular formula is C15H19BrClN3. The molecule has 3 nitrogen and oxygen atoms in total. The van der Waals surface area contributed by atoms with Crippen LogP contribution in [0.4, 0.5) is 0 Å². The molecule has 20 heavy (non-hydrogen) atoms. The van der Waals surface area contributed by atoms with Crippen molar-refractivity contribution in [3.63, 3.8) is 0 Å². The lowest BCUT2D eigenvalue weighted by Gasteiger charge is -2.14. The summed E-state index contributed by atoms with van der Waals surface area (Å²) in [7, 11) is 0. The minimum Gasteiger partial charge on any atom is -0.324 e. The molecule has 1 atom stereocenters. The van der Waals surface area contributed by atoms with Gasteiger partial charge in [-0.15, -0.1) is 0 Å². The van der Waals surface area contributed by atoms with Gasteiger partial charge in [0.2, 0.25) is 0 Å². The number of nitrogens with two attached hydrogens (primary N) is 1. The fourth-order valence-corrected chi connectivity index (χ4v) is 2.86. The predicted molar refractivity (Wildman–Crippen MR) is 87.2 cm³/mol. The summed E-state index contributed by atoms with van der Waals surface area (Å²) >= 11 is 9.78. The van der Waals surface area contributed by atoms with Crippen molar-refractivity contribution in [1.82, 2.24) is 9.78 Å². The van der Waals surface area contributed by atoms with Crippen LogP contribution in [-0.4, -0.2) is 9.78 Å². The third-order valence-corrected chi connectivity index (χ3v) is 4.93. The Bertz CT molecular complexity index is 622. The van der Waals surface area contributed by atoms with Crippen LogP contribution < -0.4 is 5.73 Å². The summed E-state index contributed by atoms with van der Waals surface area (Å²) in [6, 6.07) is 5.91. The molecule has 2 N–H and O–H groups in total. The Morgan fingerprint density at radius 2 is 2.10 bits per heavy atom. The Morgan fingerprint density at radius 1 is 1.40 bits per heavy atom. The van der Waals surface area contributed by atoms with Gasteiger partial charge in [0.05, 0.1) is 15.9 Å². The van der Waals surface area contributed by atoms with Crippen molar-refractivity contribution in [1.29, 1.82) is 0 Å². The number of aromatic nitrogens is 2. The van der Waals surface area contributed by atoms with Gasteiger partial charge in [-0.1, -0.05) is 23.7 Å². The Labute approximate surface area is 133 Å². The van der Waals surface area contributed by atoms with Crippen LogP contribution in [0.5, 0.6) is 0 Å². The van der Waals surface area contributed by atoms with Crippen molar-refractivity contribution in [3.05, 3.63) is 50.2 Å². The molecule has 0 saturated heterocycles. The van der Waals surface area contributed by atoms with E-state index in [-0.39, 0.29) is 6.04 Å². The van der Waals surface area contributed by atoms with Gasteiger partial charge >= 0.3 is 0 Å². The van der Waals surface area contributed by atoms with Gasteiger partial charge in [0, 0.05) is 24.0 Å². The molecule has 2 aromatic rings. The molecule has 0 spiro atoms. The molecule has 108 valence electrons. The molecular weight excluding hydrogens is 338 g/mol. The Hall–Kier alpha value is -0.840. The van der Waals surface area contributed by atoms with Gasteiger partial charge in [-0.2, -0.15) is 5.10 Å². The second-order valence-corrected chi connectivity index (χ2v) is 6.18. The highest BCUT2D eigenvalue weighted by Crippen LogP contribution is 2.27. The molecule has 0 saturated carbocycles. The van der Waals surface area contributed by atoms with Crippen LogP contribution in [0.3, 0.4) is 0 Å². The fourth-order valence-electron chi connectivity index (χ4n) is 2.23. The molecule has 0 bridgehead atoms. The average molecular weight is 357 g/mol. The molecule has 1 aromatic heterocycles. The molecule has 0 fully saturated rings. The summed E-state index contributed by atoms with van der Waals surface area (Å²) in [5.74, 6) is 0. The van der Waals surface area contributed by atoms with E-state index >= 15 is 0 Å². The normalized spacial score (nSPS) is 12.7. The summed E-state index contributed by atoms with van der Waals surface area (Å²) in [5, 5.41) is 5.26. The van der Waals surface area contributed by atoms with Crippen molar-refractivity contribution >= 4 is 27.5 Å². The fraction of sp³-hybridized carbons (Fsp3) is 0.400.